The number of thioether (sulfide) groups is 1. The molecule has 6 nitrogen and oxygen atoms in total. The van der Waals surface area contributed by atoms with Crippen molar-refractivity contribution in [2.24, 2.45) is 0 Å². The van der Waals surface area contributed by atoms with E-state index in [-0.39, 0.29) is 5.91 Å². The molecule has 0 unspecified atom stereocenters. The lowest BCUT2D eigenvalue weighted by Crippen LogP contribution is -2.34. The van der Waals surface area contributed by atoms with Gasteiger partial charge >= 0.3 is 0 Å². The number of likely N-dealkylation sites (N-methyl/N-ethyl adjacent to an activating group) is 1. The Morgan fingerprint density at radius 1 is 1.07 bits per heavy atom. The van der Waals surface area contributed by atoms with Crippen molar-refractivity contribution in [2.45, 2.75) is 31.2 Å². The van der Waals surface area contributed by atoms with Crippen molar-refractivity contribution in [3.05, 3.63) is 65.7 Å². The number of hydrogen-bond donors (Lipinski definition) is 0. The molecule has 1 amide bonds. The minimum Gasteiger partial charge on any atom is -0.342 e. The Labute approximate surface area is 163 Å². The summed E-state index contributed by atoms with van der Waals surface area (Å²) in [6.45, 7) is 7.34. The summed E-state index contributed by atoms with van der Waals surface area (Å²) >= 11 is 1.38. The second kappa shape index (κ2) is 8.81. The van der Waals surface area contributed by atoms with Crippen LogP contribution in [0, 0.1) is 6.92 Å². The van der Waals surface area contributed by atoms with E-state index in [1.54, 1.807) is 4.68 Å². The van der Waals surface area contributed by atoms with E-state index in [1.165, 1.54) is 11.8 Å². The van der Waals surface area contributed by atoms with E-state index in [4.69, 9.17) is 0 Å². The van der Waals surface area contributed by atoms with Gasteiger partial charge in [-0.1, -0.05) is 60.3 Å². The van der Waals surface area contributed by atoms with E-state index in [1.807, 2.05) is 80.3 Å². The van der Waals surface area contributed by atoms with Crippen LogP contribution in [0.15, 0.2) is 59.8 Å². The van der Waals surface area contributed by atoms with Crippen molar-refractivity contribution < 1.29 is 4.79 Å². The highest BCUT2D eigenvalue weighted by Gasteiger charge is 2.28. The molecule has 0 fully saturated rings. The molecule has 0 saturated carbocycles. The molecular weight excluding hydrogens is 358 g/mol. The van der Waals surface area contributed by atoms with Gasteiger partial charge in [0, 0.05) is 13.1 Å². The summed E-state index contributed by atoms with van der Waals surface area (Å²) in [6, 6.07) is 17.7. The number of rotatable bonds is 7. The molecule has 3 rings (SSSR count). The molecule has 0 aliphatic carbocycles. The SMILES string of the molecule is CCN(CC)C(=O)[C@@H](Sc1nnnn1-c1ccccc1C)c1ccccc1. The predicted octanol–water partition coefficient (Wildman–Crippen LogP) is 3.67. The summed E-state index contributed by atoms with van der Waals surface area (Å²) in [5.74, 6) is 0.0653. The van der Waals surface area contributed by atoms with Crippen molar-refractivity contribution in [1.82, 2.24) is 25.1 Å². The first kappa shape index (κ1) is 19.1. The first-order valence-corrected chi connectivity index (χ1v) is 9.88. The maximum atomic E-state index is 13.2. The fraction of sp³-hybridized carbons (Fsp3) is 0.300. The largest absolute Gasteiger partial charge is 0.342 e. The molecule has 0 spiro atoms. The second-order valence-corrected chi connectivity index (χ2v) is 7.15. The Kier molecular flexibility index (Phi) is 6.24. The minimum atomic E-state index is -0.403. The average molecular weight is 382 g/mol. The molecule has 1 heterocycles. The van der Waals surface area contributed by atoms with Gasteiger partial charge in [-0.2, -0.15) is 4.68 Å². The fourth-order valence-electron chi connectivity index (χ4n) is 2.90. The third-order valence-electron chi connectivity index (χ3n) is 4.41. The molecule has 2 aromatic carbocycles. The Hall–Kier alpha value is -2.67. The van der Waals surface area contributed by atoms with Crippen LogP contribution >= 0.6 is 11.8 Å². The van der Waals surface area contributed by atoms with Crippen molar-refractivity contribution in [2.75, 3.05) is 13.1 Å². The van der Waals surface area contributed by atoms with Gasteiger partial charge < -0.3 is 4.90 Å². The van der Waals surface area contributed by atoms with Crippen molar-refractivity contribution >= 4 is 17.7 Å². The second-order valence-electron chi connectivity index (χ2n) is 6.08. The van der Waals surface area contributed by atoms with Gasteiger partial charge in [0.25, 0.3) is 0 Å². The number of tetrazole rings is 1. The number of para-hydroxylation sites is 1. The lowest BCUT2D eigenvalue weighted by Gasteiger charge is -2.24. The van der Waals surface area contributed by atoms with Gasteiger partial charge in [0.15, 0.2) is 0 Å². The molecule has 1 atom stereocenters. The monoisotopic (exact) mass is 381 g/mol. The topological polar surface area (TPSA) is 63.9 Å². The van der Waals surface area contributed by atoms with Crippen LogP contribution in [0.2, 0.25) is 0 Å². The fourth-order valence-corrected chi connectivity index (χ4v) is 3.97. The Bertz CT molecular complexity index is 892. The summed E-state index contributed by atoms with van der Waals surface area (Å²) in [4.78, 5) is 15.0. The molecule has 0 aliphatic heterocycles. The Morgan fingerprint density at radius 2 is 1.74 bits per heavy atom. The highest BCUT2D eigenvalue weighted by atomic mass is 32.2. The van der Waals surface area contributed by atoms with Crippen LogP contribution in [0.5, 0.6) is 0 Å². The van der Waals surface area contributed by atoms with Crippen LogP contribution in [-0.2, 0) is 4.79 Å². The number of amides is 1. The minimum absolute atomic E-state index is 0.0653. The van der Waals surface area contributed by atoms with Crippen LogP contribution in [-0.4, -0.2) is 44.1 Å². The molecule has 3 aromatic rings. The highest BCUT2D eigenvalue weighted by Crippen LogP contribution is 2.36. The molecule has 0 saturated heterocycles. The molecule has 1 aromatic heterocycles. The zero-order valence-corrected chi connectivity index (χ0v) is 16.6. The molecule has 0 aliphatic rings. The lowest BCUT2D eigenvalue weighted by molar-refractivity contribution is -0.130. The van der Waals surface area contributed by atoms with E-state index in [0.717, 1.165) is 16.8 Å². The standard InChI is InChI=1S/C20H23N5OS/c1-4-24(5-2)19(26)18(16-12-7-6-8-13-16)27-20-21-22-23-25(20)17-14-10-9-11-15(17)3/h6-14,18H,4-5H2,1-3H3/t18-/m0/s1. The van der Waals surface area contributed by atoms with Gasteiger partial charge in [0.2, 0.25) is 11.1 Å². The molecule has 140 valence electrons. The predicted molar refractivity (Wildman–Crippen MR) is 107 cm³/mol. The summed E-state index contributed by atoms with van der Waals surface area (Å²) in [7, 11) is 0. The molecular formula is C20H23N5OS. The van der Waals surface area contributed by atoms with Crippen LogP contribution in [0.4, 0.5) is 0 Å². The van der Waals surface area contributed by atoms with E-state index in [0.29, 0.717) is 18.2 Å². The van der Waals surface area contributed by atoms with Gasteiger partial charge in [0.05, 0.1) is 5.69 Å². The van der Waals surface area contributed by atoms with Gasteiger partial charge in [-0.3, -0.25) is 4.79 Å². The number of hydrogen-bond acceptors (Lipinski definition) is 5. The lowest BCUT2D eigenvalue weighted by atomic mass is 10.1. The van der Waals surface area contributed by atoms with Crippen LogP contribution in [0.3, 0.4) is 0 Å². The number of carbonyl (C=O) groups excluding carboxylic acids is 1. The average Bonchev–Trinajstić information content (AvgIpc) is 3.16. The van der Waals surface area contributed by atoms with E-state index < -0.39 is 5.25 Å². The third kappa shape index (κ3) is 4.19. The number of aryl methyl sites for hydroxylation is 1. The summed E-state index contributed by atoms with van der Waals surface area (Å²) in [5.41, 5.74) is 2.92. The van der Waals surface area contributed by atoms with Crippen LogP contribution in [0.25, 0.3) is 5.69 Å². The van der Waals surface area contributed by atoms with Crippen molar-refractivity contribution in [3.63, 3.8) is 0 Å². The maximum absolute atomic E-state index is 13.2. The van der Waals surface area contributed by atoms with Gasteiger partial charge in [0.1, 0.15) is 5.25 Å². The smallest absolute Gasteiger partial charge is 0.240 e. The molecule has 0 N–H and O–H groups in total. The molecule has 27 heavy (non-hydrogen) atoms. The normalized spacial score (nSPS) is 12.0. The zero-order chi connectivity index (χ0) is 19.2. The van der Waals surface area contributed by atoms with Gasteiger partial charge in [-0.15, -0.1) is 5.10 Å². The van der Waals surface area contributed by atoms with E-state index >= 15 is 0 Å². The third-order valence-corrected chi connectivity index (χ3v) is 5.58. The molecule has 7 heteroatoms. The van der Waals surface area contributed by atoms with Gasteiger partial charge in [-0.25, -0.2) is 0 Å². The quantitative estimate of drug-likeness (QED) is 0.584. The number of nitrogens with zero attached hydrogens (tertiary/aromatic N) is 5. The molecule has 0 bridgehead atoms. The van der Waals surface area contributed by atoms with Crippen molar-refractivity contribution in [3.8, 4) is 5.69 Å². The zero-order valence-electron chi connectivity index (χ0n) is 15.7. The number of benzene rings is 2. The maximum Gasteiger partial charge on any atom is 0.240 e. The number of aromatic nitrogens is 4. The first-order chi connectivity index (χ1) is 13.2. The summed E-state index contributed by atoms with van der Waals surface area (Å²) < 4.78 is 1.70. The Balaban J connectivity index is 1.98. The van der Waals surface area contributed by atoms with Gasteiger partial charge in [-0.05, 0) is 48.4 Å². The van der Waals surface area contributed by atoms with E-state index in [9.17, 15) is 4.79 Å². The van der Waals surface area contributed by atoms with Crippen LogP contribution < -0.4 is 0 Å². The first-order valence-electron chi connectivity index (χ1n) is 9.00. The Morgan fingerprint density at radius 3 is 2.41 bits per heavy atom. The highest BCUT2D eigenvalue weighted by molar-refractivity contribution is 8.00. The summed E-state index contributed by atoms with van der Waals surface area (Å²) in [6.07, 6.45) is 0. The number of carbonyl (C=O) groups is 1. The molecule has 0 radical (unpaired) electrons. The van der Waals surface area contributed by atoms with Crippen molar-refractivity contribution in [1.29, 1.82) is 0 Å². The summed E-state index contributed by atoms with van der Waals surface area (Å²) in [5, 5.41) is 12.4. The van der Waals surface area contributed by atoms with E-state index in [2.05, 4.69) is 15.5 Å². The van der Waals surface area contributed by atoms with Crippen LogP contribution in [0.1, 0.15) is 30.2 Å².